The standard InChI is InChI=1S/C13H26N2/c1-12-5-6-13(11-12)14-7-10-15-8-3-2-4-9-15/h12-14H,2-11H2,1H3/t12-,13-/m1/s1. The molecule has 1 N–H and O–H groups in total. The number of nitrogens with one attached hydrogen (secondary N) is 1. The molecule has 0 spiro atoms. The maximum atomic E-state index is 3.72. The topological polar surface area (TPSA) is 15.3 Å². The van der Waals surface area contributed by atoms with E-state index in [4.69, 9.17) is 0 Å². The van der Waals surface area contributed by atoms with Gasteiger partial charge in [-0.25, -0.2) is 0 Å². The van der Waals surface area contributed by atoms with E-state index in [-0.39, 0.29) is 0 Å². The minimum Gasteiger partial charge on any atom is -0.313 e. The zero-order chi connectivity index (χ0) is 10.5. The van der Waals surface area contributed by atoms with Crippen LogP contribution >= 0.6 is 0 Å². The lowest BCUT2D eigenvalue weighted by Crippen LogP contribution is -2.38. The first kappa shape index (κ1) is 11.4. The van der Waals surface area contributed by atoms with Gasteiger partial charge in [0, 0.05) is 19.1 Å². The van der Waals surface area contributed by atoms with Gasteiger partial charge in [0.25, 0.3) is 0 Å². The Bertz CT molecular complexity index is 171. The third kappa shape index (κ3) is 3.76. The Balaban J connectivity index is 1.54. The highest BCUT2D eigenvalue weighted by atomic mass is 15.1. The lowest BCUT2D eigenvalue weighted by atomic mass is 10.1. The van der Waals surface area contributed by atoms with Crippen LogP contribution < -0.4 is 5.32 Å². The van der Waals surface area contributed by atoms with E-state index in [1.165, 1.54) is 64.7 Å². The second-order valence-corrected chi connectivity index (χ2v) is 5.47. The summed E-state index contributed by atoms with van der Waals surface area (Å²) in [6.45, 7) is 7.53. The van der Waals surface area contributed by atoms with Crippen molar-refractivity contribution >= 4 is 0 Å². The van der Waals surface area contributed by atoms with Crippen LogP contribution in [0.3, 0.4) is 0 Å². The molecule has 0 aromatic rings. The summed E-state index contributed by atoms with van der Waals surface area (Å²) in [7, 11) is 0. The Morgan fingerprint density at radius 3 is 2.60 bits per heavy atom. The van der Waals surface area contributed by atoms with E-state index in [1.54, 1.807) is 0 Å². The second kappa shape index (κ2) is 5.86. The van der Waals surface area contributed by atoms with Crippen molar-refractivity contribution in [3.8, 4) is 0 Å². The van der Waals surface area contributed by atoms with Gasteiger partial charge < -0.3 is 10.2 Å². The fourth-order valence-corrected chi connectivity index (χ4v) is 3.00. The summed E-state index contributed by atoms with van der Waals surface area (Å²) < 4.78 is 0. The molecule has 0 bridgehead atoms. The average molecular weight is 210 g/mol. The van der Waals surface area contributed by atoms with Crippen molar-refractivity contribution in [1.29, 1.82) is 0 Å². The van der Waals surface area contributed by atoms with Gasteiger partial charge in [0.1, 0.15) is 0 Å². The van der Waals surface area contributed by atoms with Gasteiger partial charge in [0.15, 0.2) is 0 Å². The smallest absolute Gasteiger partial charge is 0.0107 e. The van der Waals surface area contributed by atoms with Crippen LogP contribution in [0, 0.1) is 5.92 Å². The van der Waals surface area contributed by atoms with Crippen LogP contribution in [0.4, 0.5) is 0 Å². The van der Waals surface area contributed by atoms with E-state index >= 15 is 0 Å². The van der Waals surface area contributed by atoms with Crippen LogP contribution in [-0.4, -0.2) is 37.1 Å². The average Bonchev–Trinajstić information content (AvgIpc) is 2.66. The van der Waals surface area contributed by atoms with Gasteiger partial charge in [-0.15, -0.1) is 0 Å². The Hall–Kier alpha value is -0.0800. The Morgan fingerprint density at radius 1 is 1.13 bits per heavy atom. The van der Waals surface area contributed by atoms with Gasteiger partial charge >= 0.3 is 0 Å². The SMILES string of the molecule is C[C@@H]1CC[C@@H](NCCN2CCCCC2)C1. The van der Waals surface area contributed by atoms with Crippen molar-refractivity contribution in [3.63, 3.8) is 0 Å². The van der Waals surface area contributed by atoms with Gasteiger partial charge in [0.05, 0.1) is 0 Å². The third-order valence-electron chi connectivity index (χ3n) is 4.00. The molecule has 2 atom stereocenters. The molecule has 2 fully saturated rings. The van der Waals surface area contributed by atoms with E-state index in [0.29, 0.717) is 0 Å². The number of hydrogen-bond donors (Lipinski definition) is 1. The molecule has 2 nitrogen and oxygen atoms in total. The van der Waals surface area contributed by atoms with E-state index in [2.05, 4.69) is 17.1 Å². The molecule has 0 radical (unpaired) electrons. The maximum Gasteiger partial charge on any atom is 0.0107 e. The molecule has 2 rings (SSSR count). The molecule has 1 saturated heterocycles. The first-order valence-corrected chi connectivity index (χ1v) is 6.80. The van der Waals surface area contributed by atoms with Crippen molar-refractivity contribution in [2.24, 2.45) is 5.92 Å². The summed E-state index contributed by atoms with van der Waals surface area (Å²) in [6, 6.07) is 0.824. The van der Waals surface area contributed by atoms with Gasteiger partial charge in [-0.1, -0.05) is 13.3 Å². The van der Waals surface area contributed by atoms with Crippen molar-refractivity contribution in [1.82, 2.24) is 10.2 Å². The molecule has 0 amide bonds. The van der Waals surface area contributed by atoms with E-state index < -0.39 is 0 Å². The number of hydrogen-bond acceptors (Lipinski definition) is 2. The zero-order valence-corrected chi connectivity index (χ0v) is 10.2. The summed E-state index contributed by atoms with van der Waals surface area (Å²) in [6.07, 6.45) is 8.52. The fourth-order valence-electron chi connectivity index (χ4n) is 3.00. The van der Waals surface area contributed by atoms with Crippen LogP contribution in [0.5, 0.6) is 0 Å². The van der Waals surface area contributed by atoms with Gasteiger partial charge in [-0.3, -0.25) is 0 Å². The number of likely N-dealkylation sites (tertiary alicyclic amines) is 1. The predicted molar refractivity (Wildman–Crippen MR) is 65.1 cm³/mol. The Kier molecular flexibility index (Phi) is 4.45. The van der Waals surface area contributed by atoms with Gasteiger partial charge in [-0.2, -0.15) is 0 Å². The highest BCUT2D eigenvalue weighted by Gasteiger charge is 2.20. The van der Waals surface area contributed by atoms with Gasteiger partial charge in [0.2, 0.25) is 0 Å². The Morgan fingerprint density at radius 2 is 1.93 bits per heavy atom. The van der Waals surface area contributed by atoms with Crippen molar-refractivity contribution < 1.29 is 0 Å². The van der Waals surface area contributed by atoms with Crippen molar-refractivity contribution in [2.75, 3.05) is 26.2 Å². The number of nitrogens with zero attached hydrogens (tertiary/aromatic N) is 1. The van der Waals surface area contributed by atoms with E-state index in [1.807, 2.05) is 0 Å². The maximum absolute atomic E-state index is 3.72. The molecule has 1 aliphatic carbocycles. The van der Waals surface area contributed by atoms with E-state index in [0.717, 1.165) is 12.0 Å². The van der Waals surface area contributed by atoms with Gasteiger partial charge in [-0.05, 0) is 51.1 Å². The summed E-state index contributed by atoms with van der Waals surface area (Å²) in [5.74, 6) is 0.956. The normalized spacial score (nSPS) is 33.4. The molecular weight excluding hydrogens is 184 g/mol. The summed E-state index contributed by atoms with van der Waals surface area (Å²) in [4.78, 5) is 2.62. The minimum absolute atomic E-state index is 0.824. The van der Waals surface area contributed by atoms with Crippen molar-refractivity contribution in [2.45, 2.75) is 51.5 Å². The summed E-state index contributed by atoms with van der Waals surface area (Å²) in [5.41, 5.74) is 0. The third-order valence-corrected chi connectivity index (χ3v) is 4.00. The molecule has 0 aromatic heterocycles. The molecule has 1 saturated carbocycles. The first-order chi connectivity index (χ1) is 7.34. The summed E-state index contributed by atoms with van der Waals surface area (Å²) >= 11 is 0. The zero-order valence-electron chi connectivity index (χ0n) is 10.2. The molecule has 15 heavy (non-hydrogen) atoms. The molecule has 1 heterocycles. The molecule has 88 valence electrons. The van der Waals surface area contributed by atoms with E-state index in [9.17, 15) is 0 Å². The van der Waals surface area contributed by atoms with Crippen molar-refractivity contribution in [3.05, 3.63) is 0 Å². The highest BCUT2D eigenvalue weighted by molar-refractivity contribution is 4.78. The minimum atomic E-state index is 0.824. The van der Waals surface area contributed by atoms with Crippen LogP contribution in [0.1, 0.15) is 45.4 Å². The van der Waals surface area contributed by atoms with Crippen LogP contribution in [0.2, 0.25) is 0 Å². The van der Waals surface area contributed by atoms with Crippen LogP contribution in [0.25, 0.3) is 0 Å². The lowest BCUT2D eigenvalue weighted by Gasteiger charge is -2.27. The molecular formula is C13H26N2. The highest BCUT2D eigenvalue weighted by Crippen LogP contribution is 2.24. The molecule has 0 unspecified atom stereocenters. The van der Waals surface area contributed by atoms with Crippen LogP contribution in [-0.2, 0) is 0 Å². The largest absolute Gasteiger partial charge is 0.313 e. The molecule has 0 aromatic carbocycles. The predicted octanol–water partition coefficient (Wildman–Crippen LogP) is 2.25. The molecule has 2 aliphatic rings. The number of rotatable bonds is 4. The lowest BCUT2D eigenvalue weighted by molar-refractivity contribution is 0.226. The Labute approximate surface area is 94.4 Å². The fraction of sp³-hybridized carbons (Fsp3) is 1.00. The molecule has 2 heteroatoms. The summed E-state index contributed by atoms with van der Waals surface area (Å²) in [5, 5.41) is 3.72. The number of piperidine rings is 1. The molecule has 1 aliphatic heterocycles. The van der Waals surface area contributed by atoms with Crippen LogP contribution in [0.15, 0.2) is 0 Å². The monoisotopic (exact) mass is 210 g/mol. The quantitative estimate of drug-likeness (QED) is 0.765. The first-order valence-electron chi connectivity index (χ1n) is 6.80. The second-order valence-electron chi connectivity index (χ2n) is 5.47.